The number of nitriles is 1. The van der Waals surface area contributed by atoms with E-state index in [0.717, 1.165) is 54.9 Å². The lowest BCUT2D eigenvalue weighted by Crippen LogP contribution is -2.45. The van der Waals surface area contributed by atoms with Gasteiger partial charge in [-0.25, -0.2) is 4.79 Å². The quantitative estimate of drug-likeness (QED) is 0.755. The molecule has 4 rings (SSSR count). The minimum absolute atomic E-state index is 0.0188. The van der Waals surface area contributed by atoms with Crippen molar-refractivity contribution in [3.8, 4) is 6.07 Å². The third-order valence-electron chi connectivity index (χ3n) is 5.97. The lowest BCUT2D eigenvalue weighted by atomic mass is 9.96. The number of piperidine rings is 1. The van der Waals surface area contributed by atoms with Crippen molar-refractivity contribution in [2.45, 2.75) is 51.0 Å². The molecule has 9 nitrogen and oxygen atoms in total. The molecule has 1 fully saturated rings. The summed E-state index contributed by atoms with van der Waals surface area (Å²) < 4.78 is 4.66. The van der Waals surface area contributed by atoms with Gasteiger partial charge >= 0.3 is 5.69 Å². The second-order valence-corrected chi connectivity index (χ2v) is 7.74. The minimum atomic E-state index is -0.543. The smallest absolute Gasteiger partial charge is 0.332 e. The maximum absolute atomic E-state index is 12.5. The second-order valence-electron chi connectivity index (χ2n) is 7.74. The Balaban J connectivity index is 1.72. The molecule has 0 amide bonds. The number of nitrogens with zero attached hydrogens (tertiary/aromatic N) is 7. The van der Waals surface area contributed by atoms with Crippen molar-refractivity contribution in [3.63, 3.8) is 0 Å². The largest absolute Gasteiger partial charge is 0.356 e. The topological polar surface area (TPSA) is 102 Å². The first-order chi connectivity index (χ1) is 13.5. The molecule has 0 radical (unpaired) electrons. The average Bonchev–Trinajstić information content (AvgIpc) is 2.97. The van der Waals surface area contributed by atoms with E-state index in [-0.39, 0.29) is 11.5 Å². The van der Waals surface area contributed by atoms with E-state index in [4.69, 9.17) is 0 Å². The molecule has 2 aliphatic rings. The van der Waals surface area contributed by atoms with Crippen LogP contribution in [0.25, 0.3) is 0 Å². The molecule has 2 aromatic rings. The van der Waals surface area contributed by atoms with E-state index < -0.39 is 11.2 Å². The van der Waals surface area contributed by atoms with Crippen molar-refractivity contribution in [2.75, 3.05) is 18.0 Å². The van der Waals surface area contributed by atoms with Crippen LogP contribution in [0.1, 0.15) is 55.2 Å². The summed E-state index contributed by atoms with van der Waals surface area (Å²) in [7, 11) is 3.02. The molecular formula is C19H25N7O2. The van der Waals surface area contributed by atoms with Gasteiger partial charge in [0.1, 0.15) is 23.5 Å². The Morgan fingerprint density at radius 1 is 1.04 bits per heavy atom. The summed E-state index contributed by atoms with van der Waals surface area (Å²) in [6.07, 6.45) is 6.34. The molecule has 28 heavy (non-hydrogen) atoms. The second kappa shape index (κ2) is 7.26. The zero-order valence-corrected chi connectivity index (χ0v) is 16.4. The number of fused-ring (bicyclic) bond motifs is 1. The van der Waals surface area contributed by atoms with Crippen molar-refractivity contribution >= 4 is 5.82 Å². The van der Waals surface area contributed by atoms with E-state index in [1.54, 1.807) is 7.05 Å². The Bertz CT molecular complexity index is 1060. The molecule has 0 unspecified atom stereocenters. The Hall–Kier alpha value is -2.89. The molecule has 0 spiro atoms. The third-order valence-corrected chi connectivity index (χ3v) is 5.97. The maximum Gasteiger partial charge on any atom is 0.332 e. The van der Waals surface area contributed by atoms with Gasteiger partial charge in [0.15, 0.2) is 5.56 Å². The Morgan fingerprint density at radius 3 is 2.64 bits per heavy atom. The lowest BCUT2D eigenvalue weighted by Gasteiger charge is -2.35. The molecule has 0 N–H and O–H groups in total. The molecule has 1 saturated heterocycles. The highest BCUT2D eigenvalue weighted by Gasteiger charge is 2.30. The van der Waals surface area contributed by atoms with Crippen molar-refractivity contribution in [2.24, 2.45) is 14.1 Å². The third kappa shape index (κ3) is 2.93. The highest BCUT2D eigenvalue weighted by Crippen LogP contribution is 2.30. The first kappa shape index (κ1) is 18.5. The van der Waals surface area contributed by atoms with E-state index in [1.807, 2.05) is 11.0 Å². The predicted octanol–water partition coefficient (Wildman–Crippen LogP) is 0.658. The number of hydrogen-bond acceptors (Lipinski definition) is 6. The van der Waals surface area contributed by atoms with E-state index in [0.29, 0.717) is 18.9 Å². The van der Waals surface area contributed by atoms with Crippen LogP contribution in [-0.4, -0.2) is 37.0 Å². The van der Waals surface area contributed by atoms with Crippen molar-refractivity contribution in [1.82, 2.24) is 23.9 Å². The highest BCUT2D eigenvalue weighted by atomic mass is 16.2. The van der Waals surface area contributed by atoms with Crippen LogP contribution in [-0.2, 0) is 27.1 Å². The van der Waals surface area contributed by atoms with Crippen LogP contribution in [0, 0.1) is 11.3 Å². The summed E-state index contributed by atoms with van der Waals surface area (Å²) >= 11 is 0. The molecule has 0 saturated carbocycles. The zero-order valence-electron chi connectivity index (χ0n) is 16.4. The van der Waals surface area contributed by atoms with Crippen LogP contribution in [0.3, 0.4) is 0 Å². The number of rotatable bonds is 2. The molecule has 4 heterocycles. The van der Waals surface area contributed by atoms with Crippen LogP contribution in [0.5, 0.6) is 0 Å². The van der Waals surface area contributed by atoms with Gasteiger partial charge in [0.05, 0.1) is 0 Å². The fourth-order valence-electron chi connectivity index (χ4n) is 4.49. The number of hydrogen-bond donors (Lipinski definition) is 0. The van der Waals surface area contributed by atoms with Crippen LogP contribution in [0.4, 0.5) is 5.82 Å². The molecule has 0 aromatic carbocycles. The number of aryl methyl sites for hydroxylation is 1. The SMILES string of the molecule is Cn1c(N2CCC[C@H](c3nnc4n3CCCCC4)C2)c(C#N)c(=O)n(C)c1=O. The predicted molar refractivity (Wildman–Crippen MR) is 103 cm³/mol. The normalized spacial score (nSPS) is 19.8. The van der Waals surface area contributed by atoms with Gasteiger partial charge in [-0.05, 0) is 25.7 Å². The highest BCUT2D eigenvalue weighted by molar-refractivity contribution is 5.54. The molecule has 0 aliphatic carbocycles. The monoisotopic (exact) mass is 383 g/mol. The number of aromatic nitrogens is 5. The van der Waals surface area contributed by atoms with E-state index in [9.17, 15) is 14.9 Å². The summed E-state index contributed by atoms with van der Waals surface area (Å²) in [4.78, 5) is 26.9. The van der Waals surface area contributed by atoms with Gasteiger partial charge in [-0.15, -0.1) is 10.2 Å². The minimum Gasteiger partial charge on any atom is -0.356 e. The number of anilines is 1. The zero-order chi connectivity index (χ0) is 19.8. The first-order valence-corrected chi connectivity index (χ1v) is 9.90. The van der Waals surface area contributed by atoms with E-state index in [1.165, 1.54) is 18.0 Å². The molecule has 9 heteroatoms. The Kier molecular flexibility index (Phi) is 4.79. The van der Waals surface area contributed by atoms with E-state index in [2.05, 4.69) is 14.8 Å². The first-order valence-electron chi connectivity index (χ1n) is 9.90. The van der Waals surface area contributed by atoms with E-state index >= 15 is 0 Å². The summed E-state index contributed by atoms with van der Waals surface area (Å²) in [5, 5.41) is 18.5. The van der Waals surface area contributed by atoms with Crippen molar-refractivity contribution < 1.29 is 0 Å². The van der Waals surface area contributed by atoms with Gasteiger partial charge in [-0.3, -0.25) is 13.9 Å². The fourth-order valence-corrected chi connectivity index (χ4v) is 4.49. The van der Waals surface area contributed by atoms with Crippen LogP contribution in [0.15, 0.2) is 9.59 Å². The fraction of sp³-hybridized carbons (Fsp3) is 0.632. The molecule has 1 atom stereocenters. The Morgan fingerprint density at radius 2 is 1.86 bits per heavy atom. The molecule has 2 aromatic heterocycles. The Labute approximate surface area is 162 Å². The molecule has 0 bridgehead atoms. The molecule has 2 aliphatic heterocycles. The standard InChI is InChI=1S/C19H25N7O2/c1-23-17(14(11-20)18(27)24(2)19(23)28)25-9-6-7-13(12-25)16-22-21-15-8-4-3-5-10-26(15)16/h13H,3-10,12H2,1-2H3/t13-/m0/s1. The van der Waals surface area contributed by atoms with Gasteiger partial charge in [-0.1, -0.05) is 6.42 Å². The lowest BCUT2D eigenvalue weighted by molar-refractivity contribution is 0.458. The van der Waals surface area contributed by atoms with Gasteiger partial charge in [0.2, 0.25) is 0 Å². The van der Waals surface area contributed by atoms with Gasteiger partial charge in [0.25, 0.3) is 5.56 Å². The van der Waals surface area contributed by atoms with Gasteiger partial charge in [0, 0.05) is 46.1 Å². The van der Waals surface area contributed by atoms with Crippen molar-refractivity contribution in [1.29, 1.82) is 5.26 Å². The van der Waals surface area contributed by atoms with Crippen molar-refractivity contribution in [3.05, 3.63) is 38.1 Å². The van der Waals surface area contributed by atoms with Crippen LogP contribution in [0.2, 0.25) is 0 Å². The van der Waals surface area contributed by atoms with Gasteiger partial charge in [-0.2, -0.15) is 5.26 Å². The summed E-state index contributed by atoms with van der Waals surface area (Å²) in [5.74, 6) is 2.63. The summed E-state index contributed by atoms with van der Waals surface area (Å²) in [6.45, 7) is 2.27. The van der Waals surface area contributed by atoms with Gasteiger partial charge < -0.3 is 9.47 Å². The molecule has 148 valence electrons. The van der Waals surface area contributed by atoms with Crippen LogP contribution < -0.4 is 16.1 Å². The maximum atomic E-state index is 12.5. The average molecular weight is 383 g/mol. The summed E-state index contributed by atoms with van der Waals surface area (Å²) in [5.41, 5.74) is -0.943. The summed E-state index contributed by atoms with van der Waals surface area (Å²) in [6, 6.07) is 2.01. The molecular weight excluding hydrogens is 358 g/mol. The van der Waals surface area contributed by atoms with Crippen LogP contribution >= 0.6 is 0 Å².